The summed E-state index contributed by atoms with van der Waals surface area (Å²) in [6.07, 6.45) is 0.891. The van der Waals surface area contributed by atoms with E-state index in [2.05, 4.69) is 5.32 Å². The number of aldehydes is 1. The zero-order chi connectivity index (χ0) is 11.1. The lowest BCUT2D eigenvalue weighted by molar-refractivity contribution is 0.112. The van der Waals surface area contributed by atoms with Crippen molar-refractivity contribution < 1.29 is 4.79 Å². The summed E-state index contributed by atoms with van der Waals surface area (Å²) in [4.78, 5) is 10.6. The van der Waals surface area contributed by atoms with E-state index in [0.717, 1.165) is 22.6 Å². The van der Waals surface area contributed by atoms with Crippen LogP contribution >= 0.6 is 0 Å². The molecule has 0 saturated carbocycles. The molecular formula is C13H15NO. The van der Waals surface area contributed by atoms with E-state index in [4.69, 9.17) is 0 Å². The Morgan fingerprint density at radius 3 is 2.27 bits per heavy atom. The molecule has 2 nitrogen and oxygen atoms in total. The van der Waals surface area contributed by atoms with Gasteiger partial charge in [-0.1, -0.05) is 42.5 Å². The van der Waals surface area contributed by atoms with E-state index >= 15 is 0 Å². The molecule has 0 spiro atoms. The summed E-state index contributed by atoms with van der Waals surface area (Å²) in [7, 11) is 3.75. The topological polar surface area (TPSA) is 29.1 Å². The van der Waals surface area contributed by atoms with Crippen molar-refractivity contribution in [2.24, 2.45) is 0 Å². The van der Waals surface area contributed by atoms with Crippen molar-refractivity contribution in [1.82, 2.24) is 5.32 Å². The van der Waals surface area contributed by atoms with Crippen molar-refractivity contribution in [3.05, 3.63) is 48.0 Å². The van der Waals surface area contributed by atoms with Gasteiger partial charge in [-0.15, -0.1) is 0 Å². The van der Waals surface area contributed by atoms with Crippen LogP contribution in [0.15, 0.2) is 42.5 Å². The molecule has 2 rings (SSSR count). The first-order valence-corrected chi connectivity index (χ1v) is 4.85. The van der Waals surface area contributed by atoms with Gasteiger partial charge in [0.2, 0.25) is 0 Å². The highest BCUT2D eigenvalue weighted by Crippen LogP contribution is 2.16. The van der Waals surface area contributed by atoms with Gasteiger partial charge < -0.3 is 5.32 Å². The van der Waals surface area contributed by atoms with Crippen LogP contribution in [0.4, 0.5) is 0 Å². The molecule has 2 aromatic carbocycles. The summed E-state index contributed by atoms with van der Waals surface area (Å²) < 4.78 is 0. The number of hydrogen-bond donors (Lipinski definition) is 1. The van der Waals surface area contributed by atoms with E-state index in [1.807, 2.05) is 56.6 Å². The van der Waals surface area contributed by atoms with Crippen LogP contribution < -0.4 is 5.32 Å². The summed E-state index contributed by atoms with van der Waals surface area (Å²) in [5.74, 6) is 0. The molecule has 0 aliphatic rings. The number of carbonyl (C=O) groups excluding carboxylic acids is 1. The predicted molar refractivity (Wildman–Crippen MR) is 64.3 cm³/mol. The molecule has 0 amide bonds. The van der Waals surface area contributed by atoms with E-state index in [1.165, 1.54) is 0 Å². The first-order valence-electron chi connectivity index (χ1n) is 4.85. The highest BCUT2D eigenvalue weighted by molar-refractivity contribution is 5.97. The Morgan fingerprint density at radius 1 is 1.00 bits per heavy atom. The van der Waals surface area contributed by atoms with E-state index < -0.39 is 0 Å². The van der Waals surface area contributed by atoms with Gasteiger partial charge >= 0.3 is 0 Å². The summed E-state index contributed by atoms with van der Waals surface area (Å²) in [5, 5.41) is 4.89. The van der Waals surface area contributed by atoms with Gasteiger partial charge in [-0.25, -0.2) is 0 Å². The second-order valence-electron chi connectivity index (χ2n) is 3.19. The van der Waals surface area contributed by atoms with Crippen LogP contribution in [-0.4, -0.2) is 20.4 Å². The van der Waals surface area contributed by atoms with Crippen LogP contribution in [0.1, 0.15) is 10.4 Å². The average Bonchev–Trinajstić information content (AvgIpc) is 2.29. The van der Waals surface area contributed by atoms with Crippen LogP contribution in [0.25, 0.3) is 10.8 Å². The Hall–Kier alpha value is -1.67. The Balaban J connectivity index is 0.000000337. The maximum Gasteiger partial charge on any atom is 0.150 e. The van der Waals surface area contributed by atoms with Gasteiger partial charge in [-0.3, -0.25) is 4.79 Å². The van der Waals surface area contributed by atoms with Crippen LogP contribution in [0.5, 0.6) is 0 Å². The van der Waals surface area contributed by atoms with Gasteiger partial charge in [-0.05, 0) is 24.9 Å². The summed E-state index contributed by atoms with van der Waals surface area (Å²) >= 11 is 0. The standard InChI is InChI=1S/C11H8O.C2H7N/c12-8-10-6-3-5-9-4-1-2-7-11(9)10;1-3-2/h1-8H;3H,1-2H3. The number of carbonyl (C=O) groups is 1. The summed E-state index contributed by atoms with van der Waals surface area (Å²) in [5.41, 5.74) is 0.758. The number of benzene rings is 2. The molecule has 2 heteroatoms. The lowest BCUT2D eigenvalue weighted by atomic mass is 10.1. The highest BCUT2D eigenvalue weighted by Gasteiger charge is 1.96. The van der Waals surface area contributed by atoms with E-state index in [0.29, 0.717) is 0 Å². The second kappa shape index (κ2) is 5.94. The van der Waals surface area contributed by atoms with E-state index in [1.54, 1.807) is 0 Å². The van der Waals surface area contributed by atoms with Crippen LogP contribution in [0.2, 0.25) is 0 Å². The van der Waals surface area contributed by atoms with E-state index in [-0.39, 0.29) is 0 Å². The maximum absolute atomic E-state index is 10.6. The van der Waals surface area contributed by atoms with E-state index in [9.17, 15) is 4.79 Å². The zero-order valence-electron chi connectivity index (χ0n) is 9.03. The van der Waals surface area contributed by atoms with Crippen molar-refractivity contribution in [1.29, 1.82) is 0 Å². The smallest absolute Gasteiger partial charge is 0.150 e. The van der Waals surface area contributed by atoms with Gasteiger partial charge in [0.15, 0.2) is 6.29 Å². The summed E-state index contributed by atoms with van der Waals surface area (Å²) in [6, 6.07) is 13.6. The lowest BCUT2D eigenvalue weighted by Gasteiger charge is -1.98. The lowest BCUT2D eigenvalue weighted by Crippen LogP contribution is -1.89. The molecule has 1 N–H and O–H groups in total. The molecule has 0 bridgehead atoms. The number of hydrogen-bond acceptors (Lipinski definition) is 2. The third-order valence-electron chi connectivity index (χ3n) is 1.95. The largest absolute Gasteiger partial charge is 0.323 e. The second-order valence-corrected chi connectivity index (χ2v) is 3.19. The Labute approximate surface area is 89.9 Å². The molecule has 0 fully saturated rings. The third kappa shape index (κ3) is 2.89. The quantitative estimate of drug-likeness (QED) is 0.718. The van der Waals surface area contributed by atoms with Gasteiger partial charge in [0.05, 0.1) is 0 Å². The van der Waals surface area contributed by atoms with Crippen molar-refractivity contribution in [2.45, 2.75) is 0 Å². The molecule has 0 atom stereocenters. The summed E-state index contributed by atoms with van der Waals surface area (Å²) in [6.45, 7) is 0. The third-order valence-corrected chi connectivity index (χ3v) is 1.95. The average molecular weight is 201 g/mol. The molecular weight excluding hydrogens is 186 g/mol. The van der Waals surface area contributed by atoms with Crippen molar-refractivity contribution in [2.75, 3.05) is 14.1 Å². The fraction of sp³-hybridized carbons (Fsp3) is 0.154. The van der Waals surface area contributed by atoms with Crippen LogP contribution in [0, 0.1) is 0 Å². The predicted octanol–water partition coefficient (Wildman–Crippen LogP) is 2.49. The Bertz CT molecular complexity index is 432. The normalized spacial score (nSPS) is 9.20. The van der Waals surface area contributed by atoms with Crippen molar-refractivity contribution in [3.63, 3.8) is 0 Å². The number of rotatable bonds is 1. The van der Waals surface area contributed by atoms with Gasteiger partial charge in [0.1, 0.15) is 0 Å². The fourth-order valence-corrected chi connectivity index (χ4v) is 1.35. The molecule has 15 heavy (non-hydrogen) atoms. The van der Waals surface area contributed by atoms with Crippen molar-refractivity contribution >= 4 is 17.1 Å². The molecule has 78 valence electrons. The SMILES string of the molecule is CNC.O=Cc1cccc2ccccc12. The molecule has 0 unspecified atom stereocenters. The maximum atomic E-state index is 10.6. The minimum Gasteiger partial charge on any atom is -0.323 e. The van der Waals surface area contributed by atoms with Crippen LogP contribution in [-0.2, 0) is 0 Å². The number of nitrogens with one attached hydrogen (secondary N) is 1. The molecule has 0 aliphatic heterocycles. The van der Waals surface area contributed by atoms with Crippen LogP contribution in [0.3, 0.4) is 0 Å². The first kappa shape index (κ1) is 11.4. The first-order chi connectivity index (χ1) is 7.33. The molecule has 0 heterocycles. The van der Waals surface area contributed by atoms with Gasteiger partial charge in [0, 0.05) is 5.56 Å². The molecule has 0 aromatic heterocycles. The minimum atomic E-state index is 0.758. The molecule has 0 aliphatic carbocycles. The Kier molecular flexibility index (Phi) is 4.51. The monoisotopic (exact) mass is 201 g/mol. The molecule has 0 radical (unpaired) electrons. The zero-order valence-corrected chi connectivity index (χ0v) is 9.03. The molecule has 2 aromatic rings. The number of fused-ring (bicyclic) bond motifs is 1. The van der Waals surface area contributed by atoms with Crippen molar-refractivity contribution in [3.8, 4) is 0 Å². The Morgan fingerprint density at radius 2 is 1.60 bits per heavy atom. The fourth-order valence-electron chi connectivity index (χ4n) is 1.35. The minimum absolute atomic E-state index is 0.758. The van der Waals surface area contributed by atoms with Gasteiger partial charge in [-0.2, -0.15) is 0 Å². The highest BCUT2D eigenvalue weighted by atomic mass is 16.1. The van der Waals surface area contributed by atoms with Gasteiger partial charge in [0.25, 0.3) is 0 Å². The molecule has 0 saturated heterocycles.